The fourth-order valence-corrected chi connectivity index (χ4v) is 4.63. The molecule has 4 heterocycles. The number of benzene rings is 1. The van der Waals surface area contributed by atoms with Crippen LogP contribution in [0.1, 0.15) is 47.2 Å². The van der Waals surface area contributed by atoms with Gasteiger partial charge in [-0.05, 0) is 60.7 Å². The molecule has 0 aliphatic carbocycles. The number of carbonyl (C=O) groups excluding carboxylic acids is 1. The summed E-state index contributed by atoms with van der Waals surface area (Å²) in [4.78, 5) is 19.7. The van der Waals surface area contributed by atoms with Crippen molar-refractivity contribution in [2.45, 2.75) is 32.7 Å². The van der Waals surface area contributed by atoms with E-state index in [0.717, 1.165) is 24.1 Å². The highest BCUT2D eigenvalue weighted by molar-refractivity contribution is 6.30. The molecule has 1 aliphatic rings. The van der Waals surface area contributed by atoms with E-state index in [1.807, 2.05) is 29.3 Å². The first-order valence-corrected chi connectivity index (χ1v) is 11.0. The Labute approximate surface area is 186 Å². The first-order chi connectivity index (χ1) is 15.0. The van der Waals surface area contributed by atoms with Gasteiger partial charge >= 0.3 is 0 Å². The van der Waals surface area contributed by atoms with Crippen LogP contribution in [0.25, 0.3) is 16.6 Å². The molecule has 0 radical (unpaired) electrons. The van der Waals surface area contributed by atoms with Crippen LogP contribution in [0, 0.1) is 0 Å². The maximum atomic E-state index is 13.3. The third kappa shape index (κ3) is 3.49. The Morgan fingerprint density at radius 3 is 2.90 bits per heavy atom. The van der Waals surface area contributed by atoms with Gasteiger partial charge in [-0.15, -0.1) is 0 Å². The predicted octanol–water partition coefficient (Wildman–Crippen LogP) is 5.37. The van der Waals surface area contributed by atoms with Gasteiger partial charge in [0.1, 0.15) is 0 Å². The molecule has 0 saturated carbocycles. The highest BCUT2D eigenvalue weighted by atomic mass is 35.5. The Morgan fingerprint density at radius 2 is 2.06 bits per heavy atom. The van der Waals surface area contributed by atoms with Gasteiger partial charge in [0, 0.05) is 30.2 Å². The minimum absolute atomic E-state index is 0.0155. The van der Waals surface area contributed by atoms with E-state index >= 15 is 0 Å². The summed E-state index contributed by atoms with van der Waals surface area (Å²) in [6.07, 6.45) is 5.28. The number of amides is 1. The molecule has 5 rings (SSSR count). The molecule has 3 aromatic heterocycles. The Bertz CT molecular complexity index is 1300. The van der Waals surface area contributed by atoms with E-state index in [1.165, 1.54) is 22.3 Å². The van der Waals surface area contributed by atoms with Gasteiger partial charge in [-0.2, -0.15) is 5.10 Å². The van der Waals surface area contributed by atoms with Gasteiger partial charge in [-0.3, -0.25) is 9.78 Å². The summed E-state index contributed by atoms with van der Waals surface area (Å²) in [6, 6.07) is 16.1. The maximum Gasteiger partial charge on any atom is 0.274 e. The lowest BCUT2D eigenvalue weighted by atomic mass is 9.89. The van der Waals surface area contributed by atoms with E-state index in [1.54, 1.807) is 16.8 Å². The molecule has 6 heteroatoms. The number of carbonyl (C=O) groups is 1. The number of hydrogen-bond donors (Lipinski definition) is 0. The number of nitrogens with zero attached hydrogens (tertiary/aromatic N) is 4. The van der Waals surface area contributed by atoms with E-state index in [9.17, 15) is 4.79 Å². The van der Waals surface area contributed by atoms with Crippen LogP contribution in [-0.4, -0.2) is 31.9 Å². The minimum Gasteiger partial charge on any atom is -0.330 e. The standard InChI is InChI=1S/C25H23ClN4O/c1-3-23-22(5-4-11-27-23)17-6-9-21-16(2)29(12-10-18(21)13-17)25(31)24-14-20-8-7-19(26)15-30(20)28-24/h4-9,11,13-16H,3,10,12H2,1-2H3. The van der Waals surface area contributed by atoms with Crippen molar-refractivity contribution in [2.75, 3.05) is 6.54 Å². The van der Waals surface area contributed by atoms with Gasteiger partial charge < -0.3 is 4.90 Å². The molecule has 0 spiro atoms. The van der Waals surface area contributed by atoms with Crippen molar-refractivity contribution in [3.63, 3.8) is 0 Å². The molecule has 1 unspecified atom stereocenters. The van der Waals surface area contributed by atoms with Crippen molar-refractivity contribution in [1.82, 2.24) is 19.5 Å². The molecule has 4 aromatic rings. The van der Waals surface area contributed by atoms with Gasteiger partial charge in [-0.25, -0.2) is 4.52 Å². The zero-order chi connectivity index (χ0) is 21.5. The number of aryl methyl sites for hydroxylation is 1. The van der Waals surface area contributed by atoms with Crippen molar-refractivity contribution < 1.29 is 4.79 Å². The fraction of sp³-hybridized carbons (Fsp3) is 0.240. The molecule has 1 aliphatic heterocycles. The third-order valence-electron chi connectivity index (χ3n) is 6.12. The Kier molecular flexibility index (Phi) is 4.98. The van der Waals surface area contributed by atoms with E-state index in [0.29, 0.717) is 17.3 Å². The Balaban J connectivity index is 1.44. The topological polar surface area (TPSA) is 50.5 Å². The molecule has 0 bridgehead atoms. The SMILES string of the molecule is CCc1ncccc1-c1ccc2c(c1)CCN(C(=O)c1cc3ccc(Cl)cn3n1)C2C. The van der Waals surface area contributed by atoms with E-state index in [2.05, 4.69) is 48.2 Å². The second kappa shape index (κ2) is 7.82. The van der Waals surface area contributed by atoms with Gasteiger partial charge in [0.05, 0.1) is 16.6 Å². The summed E-state index contributed by atoms with van der Waals surface area (Å²) < 4.78 is 1.66. The number of halogens is 1. The van der Waals surface area contributed by atoms with Crippen LogP contribution in [0.15, 0.2) is 60.9 Å². The van der Waals surface area contributed by atoms with Gasteiger partial charge in [0.2, 0.25) is 0 Å². The Hall–Kier alpha value is -3.18. The molecule has 1 aromatic carbocycles. The van der Waals surface area contributed by atoms with Crippen LogP contribution in [0.3, 0.4) is 0 Å². The highest BCUT2D eigenvalue weighted by Crippen LogP contribution is 2.34. The lowest BCUT2D eigenvalue weighted by Gasteiger charge is -2.35. The first kappa shape index (κ1) is 19.8. The molecular weight excluding hydrogens is 408 g/mol. The van der Waals surface area contributed by atoms with Crippen LogP contribution in [0.2, 0.25) is 5.02 Å². The van der Waals surface area contributed by atoms with Crippen molar-refractivity contribution in [3.05, 3.63) is 88.5 Å². The predicted molar refractivity (Wildman–Crippen MR) is 122 cm³/mol. The van der Waals surface area contributed by atoms with Gasteiger partial charge in [0.25, 0.3) is 5.91 Å². The summed E-state index contributed by atoms with van der Waals surface area (Å²) in [5.41, 5.74) is 7.26. The smallest absolute Gasteiger partial charge is 0.274 e. The summed E-state index contributed by atoms with van der Waals surface area (Å²) in [6.45, 7) is 4.88. The lowest BCUT2D eigenvalue weighted by molar-refractivity contribution is 0.0671. The zero-order valence-corrected chi connectivity index (χ0v) is 18.3. The summed E-state index contributed by atoms with van der Waals surface area (Å²) in [7, 11) is 0. The number of hydrogen-bond acceptors (Lipinski definition) is 3. The molecular formula is C25H23ClN4O. The van der Waals surface area contributed by atoms with E-state index in [4.69, 9.17) is 11.6 Å². The van der Waals surface area contributed by atoms with Gasteiger partial charge in [0.15, 0.2) is 5.69 Å². The molecule has 31 heavy (non-hydrogen) atoms. The van der Waals surface area contributed by atoms with Crippen molar-refractivity contribution in [1.29, 1.82) is 0 Å². The minimum atomic E-state index is -0.0532. The summed E-state index contributed by atoms with van der Waals surface area (Å²) >= 11 is 6.05. The van der Waals surface area contributed by atoms with Crippen LogP contribution in [0.4, 0.5) is 0 Å². The summed E-state index contributed by atoms with van der Waals surface area (Å²) in [5.74, 6) is -0.0532. The number of pyridine rings is 2. The van der Waals surface area contributed by atoms with Crippen LogP contribution < -0.4 is 0 Å². The molecule has 1 amide bonds. The maximum absolute atomic E-state index is 13.3. The second-order valence-corrected chi connectivity index (χ2v) is 8.37. The fourth-order valence-electron chi connectivity index (χ4n) is 4.47. The molecule has 1 atom stereocenters. The van der Waals surface area contributed by atoms with Gasteiger partial charge in [-0.1, -0.05) is 42.8 Å². The normalized spacial score (nSPS) is 15.8. The second-order valence-electron chi connectivity index (χ2n) is 7.94. The highest BCUT2D eigenvalue weighted by Gasteiger charge is 2.30. The van der Waals surface area contributed by atoms with Crippen LogP contribution >= 0.6 is 11.6 Å². The van der Waals surface area contributed by atoms with E-state index < -0.39 is 0 Å². The number of fused-ring (bicyclic) bond motifs is 2. The van der Waals surface area contributed by atoms with Crippen molar-refractivity contribution >= 4 is 23.0 Å². The Morgan fingerprint density at radius 1 is 1.19 bits per heavy atom. The molecule has 0 N–H and O–H groups in total. The molecule has 156 valence electrons. The van der Waals surface area contributed by atoms with Crippen LogP contribution in [0.5, 0.6) is 0 Å². The molecule has 0 fully saturated rings. The third-order valence-corrected chi connectivity index (χ3v) is 6.35. The monoisotopic (exact) mass is 430 g/mol. The molecule has 0 saturated heterocycles. The largest absolute Gasteiger partial charge is 0.330 e. The number of aromatic nitrogens is 3. The quantitative estimate of drug-likeness (QED) is 0.439. The average molecular weight is 431 g/mol. The summed E-state index contributed by atoms with van der Waals surface area (Å²) in [5, 5.41) is 5.03. The lowest BCUT2D eigenvalue weighted by Crippen LogP contribution is -2.39. The zero-order valence-electron chi connectivity index (χ0n) is 17.5. The van der Waals surface area contributed by atoms with Crippen molar-refractivity contribution in [2.24, 2.45) is 0 Å². The van der Waals surface area contributed by atoms with Crippen molar-refractivity contribution in [3.8, 4) is 11.1 Å². The first-order valence-electron chi connectivity index (χ1n) is 10.6. The van der Waals surface area contributed by atoms with Crippen LogP contribution in [-0.2, 0) is 12.8 Å². The number of rotatable bonds is 3. The average Bonchev–Trinajstić information content (AvgIpc) is 3.22. The molecule has 5 nitrogen and oxygen atoms in total. The van der Waals surface area contributed by atoms with E-state index in [-0.39, 0.29) is 11.9 Å².